The Kier molecular flexibility index (Phi) is 10.8. The van der Waals surface area contributed by atoms with Gasteiger partial charge in [0.2, 0.25) is 0 Å². The summed E-state index contributed by atoms with van der Waals surface area (Å²) in [5.74, 6) is 0. The zero-order valence-electron chi connectivity index (χ0n) is 39.7. The Balaban J connectivity index is 0.929. The van der Waals surface area contributed by atoms with Gasteiger partial charge in [0.25, 0.3) is 0 Å². The molecule has 0 atom stereocenters. The number of fused-ring (bicyclic) bond motifs is 4. The van der Waals surface area contributed by atoms with Crippen LogP contribution >= 0.6 is 0 Å². The van der Waals surface area contributed by atoms with Gasteiger partial charge in [0.05, 0.1) is 11.1 Å². The molecule has 1 nitrogen and oxygen atoms in total. The number of hydrogen-bond acceptors (Lipinski definition) is 1. The summed E-state index contributed by atoms with van der Waals surface area (Å²) in [7, 11) is 0. The molecule has 0 radical (unpaired) electrons. The fourth-order valence-corrected chi connectivity index (χ4v) is 11.4. The van der Waals surface area contributed by atoms with Gasteiger partial charge in [0, 0.05) is 16.9 Å². The van der Waals surface area contributed by atoms with Gasteiger partial charge in [-0.15, -0.1) is 0 Å². The second-order valence-corrected chi connectivity index (χ2v) is 18.8. The molecule has 0 fully saturated rings. The minimum atomic E-state index is -0.466. The van der Waals surface area contributed by atoms with Crippen molar-refractivity contribution in [1.29, 1.82) is 0 Å². The molecule has 0 saturated heterocycles. The lowest BCUT2D eigenvalue weighted by Gasteiger charge is -2.34. The molecule has 0 saturated carbocycles. The van der Waals surface area contributed by atoms with Crippen LogP contribution in [0, 0.1) is 0 Å². The normalized spacial score (nSPS) is 12.3. The average Bonchev–Trinajstić information content (AvgIpc) is 3.78. The SMILES string of the molecule is c1ccc(-c2cccc(-c3ccccc3N(c3ccc(-c4cccc(-c5ccc6ccccc6c5)c4)cc3)c3ccc(-c4cccc5c4-c4ccccc4C5(c4ccccc4)c4ccccc4)cc3)c2)cc1. The van der Waals surface area contributed by atoms with Crippen molar-refractivity contribution < 1.29 is 0 Å². The molecule has 12 aromatic carbocycles. The Morgan fingerprint density at radius 1 is 0.236 bits per heavy atom. The summed E-state index contributed by atoms with van der Waals surface area (Å²) in [4.78, 5) is 2.42. The smallest absolute Gasteiger partial charge is 0.0713 e. The van der Waals surface area contributed by atoms with Crippen LogP contribution in [0.25, 0.3) is 77.5 Å². The highest BCUT2D eigenvalue weighted by atomic mass is 15.1. The largest absolute Gasteiger partial charge is 0.310 e. The number of rotatable bonds is 10. The summed E-state index contributed by atoms with van der Waals surface area (Å²) in [5, 5.41) is 2.50. The van der Waals surface area contributed by atoms with Gasteiger partial charge in [-0.1, -0.05) is 249 Å². The molecule has 338 valence electrons. The van der Waals surface area contributed by atoms with Gasteiger partial charge in [0.15, 0.2) is 0 Å². The van der Waals surface area contributed by atoms with Crippen molar-refractivity contribution in [2.24, 2.45) is 0 Å². The second-order valence-electron chi connectivity index (χ2n) is 18.8. The molecule has 0 N–H and O–H groups in total. The van der Waals surface area contributed by atoms with Crippen LogP contribution in [0.1, 0.15) is 22.3 Å². The van der Waals surface area contributed by atoms with Crippen LogP contribution in [0.2, 0.25) is 0 Å². The third-order valence-corrected chi connectivity index (χ3v) is 14.7. The van der Waals surface area contributed by atoms with E-state index in [4.69, 9.17) is 0 Å². The van der Waals surface area contributed by atoms with Crippen molar-refractivity contribution in [2.75, 3.05) is 4.90 Å². The molecule has 0 spiro atoms. The first kappa shape index (κ1) is 42.8. The highest BCUT2D eigenvalue weighted by Crippen LogP contribution is 2.58. The Labute approximate surface area is 422 Å². The monoisotopic (exact) mass is 915 g/mol. The highest BCUT2D eigenvalue weighted by Gasteiger charge is 2.46. The van der Waals surface area contributed by atoms with Crippen LogP contribution in [-0.4, -0.2) is 0 Å². The van der Waals surface area contributed by atoms with E-state index >= 15 is 0 Å². The van der Waals surface area contributed by atoms with Crippen LogP contribution in [0.5, 0.6) is 0 Å². The van der Waals surface area contributed by atoms with Crippen molar-refractivity contribution in [3.05, 3.63) is 320 Å². The summed E-state index contributed by atoms with van der Waals surface area (Å²) in [6.07, 6.45) is 0. The molecule has 1 aliphatic rings. The molecule has 72 heavy (non-hydrogen) atoms. The summed E-state index contributed by atoms with van der Waals surface area (Å²) in [6.45, 7) is 0. The number of nitrogens with zero attached hydrogens (tertiary/aromatic N) is 1. The molecule has 0 aliphatic heterocycles. The van der Waals surface area contributed by atoms with Crippen LogP contribution in [-0.2, 0) is 5.41 Å². The maximum absolute atomic E-state index is 2.42. The first-order valence-electron chi connectivity index (χ1n) is 24.9. The van der Waals surface area contributed by atoms with E-state index in [9.17, 15) is 0 Å². The zero-order valence-corrected chi connectivity index (χ0v) is 39.7. The third-order valence-electron chi connectivity index (χ3n) is 14.7. The maximum atomic E-state index is 2.42. The second kappa shape index (κ2) is 18.2. The summed E-state index contributed by atoms with van der Waals surface area (Å²) >= 11 is 0. The van der Waals surface area contributed by atoms with E-state index in [1.807, 2.05) is 0 Å². The summed E-state index contributed by atoms with van der Waals surface area (Å²) in [6, 6.07) is 109. The molecule has 0 unspecified atom stereocenters. The zero-order chi connectivity index (χ0) is 47.8. The van der Waals surface area contributed by atoms with E-state index in [2.05, 4.69) is 302 Å². The molecular weight excluding hydrogens is 867 g/mol. The lowest BCUT2D eigenvalue weighted by Crippen LogP contribution is -2.28. The van der Waals surface area contributed by atoms with E-state index in [1.165, 1.54) is 88.7 Å². The van der Waals surface area contributed by atoms with Crippen molar-refractivity contribution in [3.63, 3.8) is 0 Å². The van der Waals surface area contributed by atoms with E-state index in [0.29, 0.717) is 0 Å². The number of anilines is 3. The van der Waals surface area contributed by atoms with E-state index in [0.717, 1.165) is 28.2 Å². The van der Waals surface area contributed by atoms with Gasteiger partial charge in [-0.25, -0.2) is 0 Å². The van der Waals surface area contributed by atoms with Crippen molar-refractivity contribution in [1.82, 2.24) is 0 Å². The fraction of sp³-hybridized carbons (Fsp3) is 0.0141. The van der Waals surface area contributed by atoms with Gasteiger partial charge in [0.1, 0.15) is 0 Å². The highest BCUT2D eigenvalue weighted by molar-refractivity contribution is 5.97. The van der Waals surface area contributed by atoms with Gasteiger partial charge < -0.3 is 4.90 Å². The molecule has 0 bridgehead atoms. The van der Waals surface area contributed by atoms with Gasteiger partial charge in [-0.3, -0.25) is 0 Å². The molecular formula is C71H49N. The fourth-order valence-electron chi connectivity index (χ4n) is 11.4. The Morgan fingerprint density at radius 2 is 0.667 bits per heavy atom. The first-order chi connectivity index (χ1) is 35.7. The summed E-state index contributed by atoms with van der Waals surface area (Å²) in [5.41, 5.74) is 22.4. The van der Waals surface area contributed by atoms with Crippen LogP contribution in [0.3, 0.4) is 0 Å². The molecule has 0 amide bonds. The Bertz CT molecular complexity index is 3850. The van der Waals surface area contributed by atoms with Crippen molar-refractivity contribution in [3.8, 4) is 66.8 Å². The number of para-hydroxylation sites is 1. The predicted octanol–water partition coefficient (Wildman–Crippen LogP) is 19.0. The molecule has 13 rings (SSSR count). The lowest BCUT2D eigenvalue weighted by molar-refractivity contribution is 0.768. The van der Waals surface area contributed by atoms with Crippen LogP contribution in [0.15, 0.2) is 297 Å². The van der Waals surface area contributed by atoms with Gasteiger partial charge in [-0.05, 0) is 143 Å². The molecule has 12 aromatic rings. The van der Waals surface area contributed by atoms with Gasteiger partial charge in [-0.2, -0.15) is 0 Å². The van der Waals surface area contributed by atoms with Crippen LogP contribution < -0.4 is 4.90 Å². The minimum absolute atomic E-state index is 0.466. The molecule has 0 heterocycles. The summed E-state index contributed by atoms with van der Waals surface area (Å²) < 4.78 is 0. The quantitative estimate of drug-likeness (QED) is 0.132. The Morgan fingerprint density at radius 3 is 1.35 bits per heavy atom. The third kappa shape index (κ3) is 7.42. The molecule has 1 aliphatic carbocycles. The first-order valence-corrected chi connectivity index (χ1v) is 24.9. The topological polar surface area (TPSA) is 3.24 Å². The van der Waals surface area contributed by atoms with E-state index < -0.39 is 5.41 Å². The van der Waals surface area contributed by atoms with E-state index in [-0.39, 0.29) is 0 Å². The van der Waals surface area contributed by atoms with Crippen molar-refractivity contribution in [2.45, 2.75) is 5.41 Å². The standard InChI is InChI=1S/C71H49N/c1-4-19-50(20-5-1)56-24-17-26-59(49-56)64-31-13-15-36-69(64)72(62-43-39-52(40-44-62)55-23-16-25-57(47-55)58-38-37-51-21-10-11-22-54(51)48-58)63-45-41-53(42-46-63)65-33-18-35-68-70(65)66-32-12-14-34-67(66)71(68,60-27-6-2-7-28-60)61-29-8-3-9-30-61/h1-49H. The number of hydrogen-bond donors (Lipinski definition) is 0. The van der Waals surface area contributed by atoms with E-state index in [1.54, 1.807) is 0 Å². The maximum Gasteiger partial charge on any atom is 0.0713 e. The average molecular weight is 916 g/mol. The van der Waals surface area contributed by atoms with Crippen LogP contribution in [0.4, 0.5) is 17.1 Å². The molecule has 0 aromatic heterocycles. The minimum Gasteiger partial charge on any atom is -0.310 e. The molecule has 1 heteroatoms. The Hall–Kier alpha value is -9.30. The lowest BCUT2D eigenvalue weighted by atomic mass is 9.67. The van der Waals surface area contributed by atoms with Gasteiger partial charge >= 0.3 is 0 Å². The van der Waals surface area contributed by atoms with Crippen molar-refractivity contribution >= 4 is 27.8 Å². The predicted molar refractivity (Wildman–Crippen MR) is 303 cm³/mol. The number of benzene rings is 12.